The molecule has 11 aromatic rings. The molecule has 0 radical (unpaired) electrons. The van der Waals surface area contributed by atoms with Crippen LogP contribution in [0.2, 0.25) is 0 Å². The van der Waals surface area contributed by atoms with Gasteiger partial charge in [0, 0.05) is 16.5 Å². The van der Waals surface area contributed by atoms with Crippen molar-refractivity contribution in [2.75, 3.05) is 0 Å². The average molecular weight is 672 g/mol. The minimum Gasteiger partial charge on any atom is -0.309 e. The SMILES string of the molecule is c1ccc(-c2c3ccccc3c(-c3ccc4c(ccc5ccccc54)c3)c3cc(-c4ccc5c(c4)c4ccccc4n5-c4ccccc4)ccc23)cc1. The van der Waals surface area contributed by atoms with Crippen LogP contribution in [0.15, 0.2) is 200 Å². The molecule has 1 nitrogen and oxygen atoms in total. The Morgan fingerprint density at radius 1 is 0.245 bits per heavy atom. The number of hydrogen-bond acceptors (Lipinski definition) is 0. The van der Waals surface area contributed by atoms with E-state index in [1.165, 1.54) is 104 Å². The zero-order chi connectivity index (χ0) is 34.9. The van der Waals surface area contributed by atoms with Crippen molar-refractivity contribution >= 4 is 64.9 Å². The maximum absolute atomic E-state index is 2.44. The van der Waals surface area contributed by atoms with Crippen molar-refractivity contribution in [1.82, 2.24) is 4.57 Å². The first-order valence-corrected chi connectivity index (χ1v) is 18.3. The molecule has 0 bridgehead atoms. The van der Waals surface area contributed by atoms with Crippen molar-refractivity contribution in [2.45, 2.75) is 0 Å². The van der Waals surface area contributed by atoms with E-state index in [9.17, 15) is 0 Å². The van der Waals surface area contributed by atoms with Gasteiger partial charge in [-0.05, 0) is 119 Å². The lowest BCUT2D eigenvalue weighted by molar-refractivity contribution is 1.18. The van der Waals surface area contributed by atoms with Gasteiger partial charge < -0.3 is 4.57 Å². The summed E-state index contributed by atoms with van der Waals surface area (Å²) in [5.74, 6) is 0. The third-order valence-corrected chi connectivity index (χ3v) is 11.1. The Morgan fingerprint density at radius 2 is 0.755 bits per heavy atom. The van der Waals surface area contributed by atoms with Crippen LogP contribution in [0.5, 0.6) is 0 Å². The van der Waals surface area contributed by atoms with Gasteiger partial charge in [-0.2, -0.15) is 0 Å². The second-order valence-corrected chi connectivity index (χ2v) is 14.1. The van der Waals surface area contributed by atoms with Crippen LogP contribution in [-0.4, -0.2) is 4.57 Å². The van der Waals surface area contributed by atoms with E-state index in [1.54, 1.807) is 0 Å². The maximum Gasteiger partial charge on any atom is 0.0541 e. The lowest BCUT2D eigenvalue weighted by Crippen LogP contribution is -1.93. The van der Waals surface area contributed by atoms with E-state index in [4.69, 9.17) is 0 Å². The Labute approximate surface area is 307 Å². The van der Waals surface area contributed by atoms with Gasteiger partial charge in [0.05, 0.1) is 11.0 Å². The van der Waals surface area contributed by atoms with E-state index in [1.807, 2.05) is 0 Å². The largest absolute Gasteiger partial charge is 0.309 e. The molecule has 0 saturated heterocycles. The molecular weight excluding hydrogens is 639 g/mol. The average Bonchev–Trinajstić information content (AvgIpc) is 3.56. The van der Waals surface area contributed by atoms with Crippen molar-refractivity contribution in [3.05, 3.63) is 200 Å². The fourth-order valence-electron chi connectivity index (χ4n) is 8.76. The van der Waals surface area contributed by atoms with Crippen molar-refractivity contribution in [3.8, 4) is 39.1 Å². The quantitative estimate of drug-likeness (QED) is 0.130. The van der Waals surface area contributed by atoms with Crippen LogP contribution >= 0.6 is 0 Å². The molecule has 0 fully saturated rings. The van der Waals surface area contributed by atoms with E-state index in [2.05, 4.69) is 205 Å². The number of hydrogen-bond donors (Lipinski definition) is 0. The molecule has 0 N–H and O–H groups in total. The number of rotatable bonds is 4. The van der Waals surface area contributed by atoms with E-state index < -0.39 is 0 Å². The molecule has 1 heteroatoms. The third-order valence-electron chi connectivity index (χ3n) is 11.1. The van der Waals surface area contributed by atoms with Crippen molar-refractivity contribution < 1.29 is 0 Å². The highest BCUT2D eigenvalue weighted by Crippen LogP contribution is 2.46. The molecular formula is C52H33N. The van der Waals surface area contributed by atoms with E-state index >= 15 is 0 Å². The van der Waals surface area contributed by atoms with Gasteiger partial charge in [-0.15, -0.1) is 0 Å². The normalized spacial score (nSPS) is 11.8. The van der Waals surface area contributed by atoms with Crippen LogP contribution in [0.25, 0.3) is 104 Å². The summed E-state index contributed by atoms with van der Waals surface area (Å²) in [6.07, 6.45) is 0. The summed E-state index contributed by atoms with van der Waals surface area (Å²) in [4.78, 5) is 0. The summed E-state index contributed by atoms with van der Waals surface area (Å²) >= 11 is 0. The molecule has 0 spiro atoms. The number of benzene rings is 10. The second kappa shape index (κ2) is 11.8. The number of nitrogens with zero attached hydrogens (tertiary/aromatic N) is 1. The minimum atomic E-state index is 1.17. The predicted molar refractivity (Wildman–Crippen MR) is 227 cm³/mol. The predicted octanol–water partition coefficient (Wildman–Crippen LogP) is 14.4. The van der Waals surface area contributed by atoms with Gasteiger partial charge in [0.1, 0.15) is 0 Å². The number of fused-ring (bicyclic) bond motifs is 8. The van der Waals surface area contributed by atoms with Crippen molar-refractivity contribution in [3.63, 3.8) is 0 Å². The lowest BCUT2D eigenvalue weighted by Gasteiger charge is -2.19. The van der Waals surface area contributed by atoms with Crippen LogP contribution in [0.1, 0.15) is 0 Å². The Morgan fingerprint density at radius 3 is 1.55 bits per heavy atom. The monoisotopic (exact) mass is 671 g/mol. The zero-order valence-electron chi connectivity index (χ0n) is 29.0. The highest BCUT2D eigenvalue weighted by Gasteiger charge is 2.19. The van der Waals surface area contributed by atoms with Crippen LogP contribution in [-0.2, 0) is 0 Å². The van der Waals surface area contributed by atoms with Gasteiger partial charge in [-0.1, -0.05) is 158 Å². The Balaban J connectivity index is 1.19. The Bertz CT molecular complexity index is 3210. The summed E-state index contributed by atoms with van der Waals surface area (Å²) in [5, 5.41) is 12.7. The van der Waals surface area contributed by atoms with Crippen LogP contribution in [0.4, 0.5) is 0 Å². The Hall–Kier alpha value is -6.96. The molecule has 0 amide bonds. The van der Waals surface area contributed by atoms with Crippen LogP contribution in [0, 0.1) is 0 Å². The summed E-state index contributed by atoms with van der Waals surface area (Å²) in [7, 11) is 0. The fraction of sp³-hybridized carbons (Fsp3) is 0. The summed E-state index contributed by atoms with van der Waals surface area (Å²) in [5.41, 5.74) is 11.0. The molecule has 1 aromatic heterocycles. The summed E-state index contributed by atoms with van der Waals surface area (Å²) in [6, 6.07) is 73.6. The van der Waals surface area contributed by atoms with Gasteiger partial charge in [-0.25, -0.2) is 0 Å². The molecule has 10 aromatic carbocycles. The highest BCUT2D eigenvalue weighted by molar-refractivity contribution is 6.23. The topological polar surface area (TPSA) is 4.93 Å². The molecule has 53 heavy (non-hydrogen) atoms. The van der Waals surface area contributed by atoms with Gasteiger partial charge in [0.2, 0.25) is 0 Å². The highest BCUT2D eigenvalue weighted by atomic mass is 15.0. The Kier molecular flexibility index (Phi) is 6.62. The van der Waals surface area contributed by atoms with E-state index in [0.717, 1.165) is 0 Å². The molecule has 11 rings (SSSR count). The first-order chi connectivity index (χ1) is 26.3. The second-order valence-electron chi connectivity index (χ2n) is 14.1. The first kappa shape index (κ1) is 29.7. The third kappa shape index (κ3) is 4.64. The zero-order valence-corrected chi connectivity index (χ0v) is 29.0. The molecule has 0 aliphatic carbocycles. The van der Waals surface area contributed by atoms with E-state index in [0.29, 0.717) is 0 Å². The molecule has 1 heterocycles. The van der Waals surface area contributed by atoms with Crippen molar-refractivity contribution in [2.24, 2.45) is 0 Å². The molecule has 0 aliphatic heterocycles. The van der Waals surface area contributed by atoms with E-state index in [-0.39, 0.29) is 0 Å². The van der Waals surface area contributed by atoms with Crippen LogP contribution < -0.4 is 0 Å². The van der Waals surface area contributed by atoms with Gasteiger partial charge in [0.15, 0.2) is 0 Å². The molecule has 0 unspecified atom stereocenters. The standard InChI is InChI=1S/C52H33N/c1-3-14-35(15-4-1)51-44-20-9-10-21-45(44)52(39-26-28-42-38(31-39)24-23-34-13-7-8-18-41(34)42)48-33-36(25-29-46(48)51)37-27-30-50-47(32-37)43-19-11-12-22-49(43)53(50)40-16-5-2-6-17-40/h1-33H. The molecule has 0 saturated carbocycles. The summed E-state index contributed by atoms with van der Waals surface area (Å²) < 4.78 is 2.38. The molecule has 246 valence electrons. The smallest absolute Gasteiger partial charge is 0.0541 e. The minimum absolute atomic E-state index is 1.17. The van der Waals surface area contributed by atoms with Gasteiger partial charge >= 0.3 is 0 Å². The molecule has 0 aliphatic rings. The molecule has 0 atom stereocenters. The van der Waals surface area contributed by atoms with Gasteiger partial charge in [0.25, 0.3) is 0 Å². The number of aromatic nitrogens is 1. The number of para-hydroxylation sites is 2. The maximum atomic E-state index is 2.44. The summed E-state index contributed by atoms with van der Waals surface area (Å²) in [6.45, 7) is 0. The fourth-order valence-corrected chi connectivity index (χ4v) is 8.76. The van der Waals surface area contributed by atoms with Crippen LogP contribution in [0.3, 0.4) is 0 Å². The van der Waals surface area contributed by atoms with Crippen molar-refractivity contribution in [1.29, 1.82) is 0 Å². The van der Waals surface area contributed by atoms with Gasteiger partial charge in [-0.3, -0.25) is 0 Å². The lowest BCUT2D eigenvalue weighted by atomic mass is 9.84. The first-order valence-electron chi connectivity index (χ1n) is 18.3.